The molecule has 3 heterocycles. The first-order valence-corrected chi connectivity index (χ1v) is 10.0. The Morgan fingerprint density at radius 3 is 2.70 bits per heavy atom. The summed E-state index contributed by atoms with van der Waals surface area (Å²) in [5.41, 5.74) is 3.85. The lowest BCUT2D eigenvalue weighted by atomic mass is 10.1. The molecule has 0 spiro atoms. The molecule has 3 aromatic rings. The van der Waals surface area contributed by atoms with Crippen molar-refractivity contribution in [1.82, 2.24) is 15.6 Å². The maximum Gasteiger partial charge on any atom is 0.287 e. The summed E-state index contributed by atoms with van der Waals surface area (Å²) in [6.45, 7) is 3.40. The van der Waals surface area contributed by atoms with Crippen molar-refractivity contribution in [2.24, 2.45) is 0 Å². The molecule has 1 atom stereocenters. The molecule has 0 bridgehead atoms. The predicted molar refractivity (Wildman–Crippen MR) is 113 cm³/mol. The first-order chi connectivity index (χ1) is 14.6. The summed E-state index contributed by atoms with van der Waals surface area (Å²) in [5.74, 6) is -0.200. The van der Waals surface area contributed by atoms with E-state index in [0.29, 0.717) is 37.0 Å². The van der Waals surface area contributed by atoms with Crippen molar-refractivity contribution in [3.05, 3.63) is 83.6 Å². The highest BCUT2D eigenvalue weighted by atomic mass is 16.3. The first kappa shape index (κ1) is 19.7. The number of benzene rings is 1. The van der Waals surface area contributed by atoms with Crippen molar-refractivity contribution < 1.29 is 14.0 Å². The number of fused-ring (bicyclic) bond motifs is 1. The van der Waals surface area contributed by atoms with Crippen molar-refractivity contribution >= 4 is 17.5 Å². The summed E-state index contributed by atoms with van der Waals surface area (Å²) in [6.07, 6.45) is 5.65. The van der Waals surface area contributed by atoms with E-state index in [9.17, 15) is 9.59 Å². The van der Waals surface area contributed by atoms with E-state index < -0.39 is 0 Å². The second-order valence-corrected chi connectivity index (χ2v) is 7.34. The largest absolute Gasteiger partial charge is 0.459 e. The maximum absolute atomic E-state index is 12.6. The van der Waals surface area contributed by atoms with Crippen LogP contribution in [0.4, 0.5) is 5.69 Å². The molecule has 0 aliphatic carbocycles. The van der Waals surface area contributed by atoms with Gasteiger partial charge in [-0.1, -0.05) is 18.2 Å². The van der Waals surface area contributed by atoms with Gasteiger partial charge in [0.15, 0.2) is 5.76 Å². The Bertz CT molecular complexity index is 1030. The molecule has 1 unspecified atom stereocenters. The van der Waals surface area contributed by atoms with Crippen LogP contribution in [0.5, 0.6) is 0 Å². The fourth-order valence-electron chi connectivity index (χ4n) is 3.74. The number of nitrogens with one attached hydrogen (secondary N) is 2. The minimum atomic E-state index is -0.286. The van der Waals surface area contributed by atoms with Gasteiger partial charge in [-0.25, -0.2) is 0 Å². The van der Waals surface area contributed by atoms with Crippen LogP contribution in [0.2, 0.25) is 0 Å². The molecule has 7 heteroatoms. The molecule has 0 saturated heterocycles. The lowest BCUT2D eigenvalue weighted by Crippen LogP contribution is -2.35. The molecule has 2 amide bonds. The highest BCUT2D eigenvalue weighted by Gasteiger charge is 2.27. The zero-order valence-electron chi connectivity index (χ0n) is 16.8. The van der Waals surface area contributed by atoms with Gasteiger partial charge in [0.05, 0.1) is 11.8 Å². The number of amides is 2. The number of carbonyl (C=O) groups is 2. The van der Waals surface area contributed by atoms with E-state index in [0.717, 1.165) is 12.0 Å². The fraction of sp³-hybridized carbons (Fsp3) is 0.261. The standard InChI is InChI=1S/C23H24N4O3/c1-16-13-17-5-2-3-7-20(17)27(16)15-19-8-12-30-21(19)23(29)26-11-10-25-22(28)18-6-4-9-24-14-18/h2-9,12,14,16H,10-11,13,15H2,1H3,(H,25,28)(H,26,29). The van der Waals surface area contributed by atoms with Gasteiger partial charge in [0.25, 0.3) is 11.8 Å². The predicted octanol–water partition coefficient (Wildman–Crippen LogP) is 2.79. The van der Waals surface area contributed by atoms with Gasteiger partial charge in [-0.15, -0.1) is 0 Å². The van der Waals surface area contributed by atoms with E-state index in [1.807, 2.05) is 12.1 Å². The Kier molecular flexibility index (Phi) is 5.79. The molecule has 2 N–H and O–H groups in total. The molecule has 0 saturated carbocycles. The van der Waals surface area contributed by atoms with Crippen LogP contribution in [0.3, 0.4) is 0 Å². The maximum atomic E-state index is 12.6. The van der Waals surface area contributed by atoms with Crippen molar-refractivity contribution in [2.45, 2.75) is 25.9 Å². The Morgan fingerprint density at radius 2 is 1.90 bits per heavy atom. The smallest absolute Gasteiger partial charge is 0.287 e. The van der Waals surface area contributed by atoms with Crippen molar-refractivity contribution in [3.8, 4) is 0 Å². The van der Waals surface area contributed by atoms with Crippen LogP contribution in [0.1, 0.15) is 39.0 Å². The number of aromatic nitrogens is 1. The second kappa shape index (κ2) is 8.82. The minimum Gasteiger partial charge on any atom is -0.459 e. The van der Waals surface area contributed by atoms with E-state index >= 15 is 0 Å². The number of anilines is 1. The summed E-state index contributed by atoms with van der Waals surface area (Å²) in [7, 11) is 0. The van der Waals surface area contributed by atoms with Crippen LogP contribution in [0.25, 0.3) is 0 Å². The molecule has 0 fully saturated rings. The molecule has 2 aromatic heterocycles. The third-order valence-corrected chi connectivity index (χ3v) is 5.26. The van der Waals surface area contributed by atoms with E-state index in [-0.39, 0.29) is 11.8 Å². The Balaban J connectivity index is 1.32. The summed E-state index contributed by atoms with van der Waals surface area (Å²) in [6, 6.07) is 13.9. The number of para-hydroxylation sites is 1. The molecular formula is C23H24N4O3. The summed E-state index contributed by atoms with van der Waals surface area (Å²) < 4.78 is 5.47. The quantitative estimate of drug-likeness (QED) is 0.592. The Morgan fingerprint density at radius 1 is 1.10 bits per heavy atom. The lowest BCUT2D eigenvalue weighted by Gasteiger charge is -2.24. The molecular weight excluding hydrogens is 380 g/mol. The average Bonchev–Trinajstić information content (AvgIpc) is 3.36. The molecule has 7 nitrogen and oxygen atoms in total. The Labute approximate surface area is 175 Å². The van der Waals surface area contributed by atoms with Crippen LogP contribution in [0.15, 0.2) is 65.5 Å². The van der Waals surface area contributed by atoms with Gasteiger partial charge >= 0.3 is 0 Å². The van der Waals surface area contributed by atoms with Gasteiger partial charge in [0.1, 0.15) is 0 Å². The number of nitrogens with zero attached hydrogens (tertiary/aromatic N) is 2. The van der Waals surface area contributed by atoms with Gasteiger partial charge in [-0.2, -0.15) is 0 Å². The van der Waals surface area contributed by atoms with E-state index in [2.05, 4.69) is 45.6 Å². The summed E-state index contributed by atoms with van der Waals surface area (Å²) in [4.78, 5) is 30.8. The molecule has 154 valence electrons. The van der Waals surface area contributed by atoms with Crippen LogP contribution < -0.4 is 15.5 Å². The molecule has 30 heavy (non-hydrogen) atoms. The Hall–Kier alpha value is -3.61. The van der Waals surface area contributed by atoms with Crippen molar-refractivity contribution in [3.63, 3.8) is 0 Å². The first-order valence-electron chi connectivity index (χ1n) is 10.0. The van der Waals surface area contributed by atoms with E-state index in [1.165, 1.54) is 17.4 Å². The van der Waals surface area contributed by atoms with Gasteiger partial charge in [0, 0.05) is 49.3 Å². The average molecular weight is 404 g/mol. The van der Waals surface area contributed by atoms with Gasteiger partial charge < -0.3 is 20.0 Å². The van der Waals surface area contributed by atoms with Crippen molar-refractivity contribution in [1.29, 1.82) is 0 Å². The van der Waals surface area contributed by atoms with Crippen LogP contribution in [0, 0.1) is 0 Å². The number of furan rings is 1. The summed E-state index contributed by atoms with van der Waals surface area (Å²) in [5, 5.41) is 5.56. The fourth-order valence-corrected chi connectivity index (χ4v) is 3.74. The molecule has 0 radical (unpaired) electrons. The number of hydrogen-bond donors (Lipinski definition) is 2. The third kappa shape index (κ3) is 4.20. The van der Waals surface area contributed by atoms with Gasteiger partial charge in [-0.05, 0) is 43.2 Å². The third-order valence-electron chi connectivity index (χ3n) is 5.26. The molecule has 1 aromatic carbocycles. The SMILES string of the molecule is CC1Cc2ccccc2N1Cc1ccoc1C(=O)NCCNC(=O)c1cccnc1. The van der Waals surface area contributed by atoms with Crippen LogP contribution >= 0.6 is 0 Å². The van der Waals surface area contributed by atoms with Gasteiger partial charge in [-0.3, -0.25) is 14.6 Å². The number of pyridine rings is 1. The molecule has 1 aliphatic rings. The van der Waals surface area contributed by atoms with Crippen molar-refractivity contribution in [2.75, 3.05) is 18.0 Å². The highest BCUT2D eigenvalue weighted by Crippen LogP contribution is 2.33. The number of hydrogen-bond acceptors (Lipinski definition) is 5. The van der Waals surface area contributed by atoms with E-state index in [4.69, 9.17) is 4.42 Å². The number of carbonyl (C=O) groups excluding carboxylic acids is 2. The van der Waals surface area contributed by atoms with Crippen LogP contribution in [-0.2, 0) is 13.0 Å². The lowest BCUT2D eigenvalue weighted by molar-refractivity contribution is 0.0909. The topological polar surface area (TPSA) is 87.5 Å². The molecule has 1 aliphatic heterocycles. The second-order valence-electron chi connectivity index (χ2n) is 7.34. The van der Waals surface area contributed by atoms with Gasteiger partial charge in [0.2, 0.25) is 0 Å². The minimum absolute atomic E-state index is 0.224. The van der Waals surface area contributed by atoms with E-state index in [1.54, 1.807) is 24.6 Å². The number of rotatable bonds is 7. The van der Waals surface area contributed by atoms with Crippen LogP contribution in [-0.4, -0.2) is 35.9 Å². The normalized spacial score (nSPS) is 15.0. The zero-order chi connectivity index (χ0) is 20.9. The zero-order valence-corrected chi connectivity index (χ0v) is 16.8. The monoisotopic (exact) mass is 404 g/mol. The molecule has 4 rings (SSSR count). The highest BCUT2D eigenvalue weighted by molar-refractivity contribution is 5.94. The summed E-state index contributed by atoms with van der Waals surface area (Å²) >= 11 is 0.